The van der Waals surface area contributed by atoms with Crippen molar-refractivity contribution in [2.75, 3.05) is 0 Å². The Morgan fingerprint density at radius 3 is 2.65 bits per heavy atom. The summed E-state index contributed by atoms with van der Waals surface area (Å²) in [4.78, 5) is 10.7. The van der Waals surface area contributed by atoms with Gasteiger partial charge < -0.3 is 9.84 Å². The zero-order valence-electron chi connectivity index (χ0n) is 9.24. The molecule has 3 nitrogen and oxygen atoms in total. The average molecular weight is 242 g/mol. The topological polar surface area (TPSA) is 46.5 Å². The van der Waals surface area contributed by atoms with E-state index >= 15 is 0 Å². The lowest BCUT2D eigenvalue weighted by molar-refractivity contribution is -0.144. The number of halogens is 2. The highest BCUT2D eigenvalue weighted by atomic mass is 19.1. The van der Waals surface area contributed by atoms with Gasteiger partial charge in [0.2, 0.25) is 0 Å². The van der Waals surface area contributed by atoms with Gasteiger partial charge in [0.25, 0.3) is 0 Å². The average Bonchev–Trinajstić information content (AvgIpc) is 3.04. The van der Waals surface area contributed by atoms with Crippen LogP contribution in [0.1, 0.15) is 31.2 Å². The molecule has 0 bridgehead atoms. The Bertz CT molecular complexity index is 455. The van der Waals surface area contributed by atoms with E-state index in [1.54, 1.807) is 0 Å². The molecule has 0 unspecified atom stereocenters. The van der Waals surface area contributed by atoms with Crippen LogP contribution < -0.4 is 4.74 Å². The number of carboxylic acid groups (broad SMARTS) is 1. The first-order valence-electron chi connectivity index (χ1n) is 5.37. The van der Waals surface area contributed by atoms with E-state index in [-0.39, 0.29) is 11.7 Å². The number of hydrogen-bond donors (Lipinski definition) is 1. The van der Waals surface area contributed by atoms with Gasteiger partial charge in [-0.15, -0.1) is 0 Å². The summed E-state index contributed by atoms with van der Waals surface area (Å²) in [6.45, 7) is 1.31. The van der Waals surface area contributed by atoms with Crippen LogP contribution in [0, 0.1) is 11.6 Å². The normalized spacial score (nSPS) is 16.6. The second kappa shape index (κ2) is 4.31. The molecule has 1 aromatic carbocycles. The van der Waals surface area contributed by atoms with Gasteiger partial charge >= 0.3 is 5.97 Å². The summed E-state index contributed by atoms with van der Waals surface area (Å²) < 4.78 is 31.7. The summed E-state index contributed by atoms with van der Waals surface area (Å²) in [7, 11) is 0. The number of rotatable bonds is 4. The Morgan fingerprint density at radius 2 is 2.12 bits per heavy atom. The number of aliphatic carboxylic acids is 1. The van der Waals surface area contributed by atoms with Crippen LogP contribution >= 0.6 is 0 Å². The Balaban J connectivity index is 2.34. The number of carboxylic acids is 1. The number of carbonyl (C=O) groups is 1. The van der Waals surface area contributed by atoms with Gasteiger partial charge in [0.05, 0.1) is 0 Å². The molecule has 1 saturated carbocycles. The van der Waals surface area contributed by atoms with Crippen molar-refractivity contribution in [3.05, 3.63) is 29.3 Å². The molecule has 92 valence electrons. The molecule has 1 aliphatic carbocycles. The maximum Gasteiger partial charge on any atom is 0.344 e. The third kappa shape index (κ3) is 2.54. The van der Waals surface area contributed by atoms with Gasteiger partial charge in [-0.3, -0.25) is 0 Å². The van der Waals surface area contributed by atoms with E-state index in [1.165, 1.54) is 13.0 Å². The molecule has 2 rings (SSSR count). The summed E-state index contributed by atoms with van der Waals surface area (Å²) in [5.41, 5.74) is 0.426. The number of ether oxygens (including phenoxy) is 1. The largest absolute Gasteiger partial charge is 0.479 e. The lowest BCUT2D eigenvalue weighted by atomic mass is 10.1. The third-order valence-corrected chi connectivity index (χ3v) is 2.70. The summed E-state index contributed by atoms with van der Waals surface area (Å²) in [5.74, 6) is -2.75. The van der Waals surface area contributed by atoms with E-state index in [2.05, 4.69) is 0 Å². The van der Waals surface area contributed by atoms with Crippen molar-refractivity contribution in [1.82, 2.24) is 0 Å². The fourth-order valence-corrected chi connectivity index (χ4v) is 1.63. The van der Waals surface area contributed by atoms with Crippen molar-refractivity contribution in [1.29, 1.82) is 0 Å². The molecule has 1 N–H and O–H groups in total. The molecular formula is C12H12F2O3. The smallest absolute Gasteiger partial charge is 0.344 e. The van der Waals surface area contributed by atoms with Crippen molar-refractivity contribution in [2.45, 2.75) is 31.8 Å². The van der Waals surface area contributed by atoms with Gasteiger partial charge in [-0.05, 0) is 31.7 Å². The van der Waals surface area contributed by atoms with Crippen molar-refractivity contribution >= 4 is 5.97 Å². The van der Waals surface area contributed by atoms with E-state index < -0.39 is 23.7 Å². The Kier molecular flexibility index (Phi) is 3.00. The van der Waals surface area contributed by atoms with E-state index in [9.17, 15) is 13.6 Å². The summed E-state index contributed by atoms with van der Waals surface area (Å²) in [6, 6.07) is 1.92. The number of hydrogen-bond acceptors (Lipinski definition) is 2. The summed E-state index contributed by atoms with van der Waals surface area (Å²) in [6.07, 6.45) is 0.536. The van der Waals surface area contributed by atoms with Crippen LogP contribution in [-0.2, 0) is 4.79 Å². The van der Waals surface area contributed by atoms with E-state index in [1.807, 2.05) is 0 Å². The van der Waals surface area contributed by atoms with Crippen LogP contribution in [-0.4, -0.2) is 17.2 Å². The molecule has 5 heteroatoms. The lowest BCUT2D eigenvalue weighted by Crippen LogP contribution is -2.24. The first-order chi connectivity index (χ1) is 7.99. The predicted molar refractivity (Wildman–Crippen MR) is 56.1 cm³/mol. The molecule has 1 aromatic rings. The Morgan fingerprint density at radius 1 is 1.47 bits per heavy atom. The fraction of sp³-hybridized carbons (Fsp3) is 0.417. The van der Waals surface area contributed by atoms with Crippen LogP contribution in [0.4, 0.5) is 8.78 Å². The van der Waals surface area contributed by atoms with Gasteiger partial charge in [0.15, 0.2) is 17.7 Å². The molecule has 1 fully saturated rings. The molecule has 1 atom stereocenters. The van der Waals surface area contributed by atoms with Crippen LogP contribution in [0.2, 0.25) is 0 Å². The predicted octanol–water partition coefficient (Wildman–Crippen LogP) is 2.69. The molecule has 0 saturated heterocycles. The van der Waals surface area contributed by atoms with E-state index in [0.29, 0.717) is 11.6 Å². The van der Waals surface area contributed by atoms with Crippen LogP contribution in [0.15, 0.2) is 12.1 Å². The zero-order chi connectivity index (χ0) is 12.6. The Hall–Kier alpha value is -1.65. The van der Waals surface area contributed by atoms with Crippen molar-refractivity contribution in [3.8, 4) is 5.75 Å². The highest BCUT2D eigenvalue weighted by Crippen LogP contribution is 2.45. The molecule has 1 aliphatic rings. The summed E-state index contributed by atoms with van der Waals surface area (Å²) >= 11 is 0. The van der Waals surface area contributed by atoms with Crippen molar-refractivity contribution < 1.29 is 23.4 Å². The minimum Gasteiger partial charge on any atom is -0.479 e. The van der Waals surface area contributed by atoms with Crippen LogP contribution in [0.5, 0.6) is 5.75 Å². The van der Waals surface area contributed by atoms with Gasteiger partial charge in [-0.2, -0.15) is 0 Å². The van der Waals surface area contributed by atoms with Crippen molar-refractivity contribution in [2.24, 2.45) is 0 Å². The van der Waals surface area contributed by atoms with Gasteiger partial charge in [-0.25, -0.2) is 13.6 Å². The van der Waals surface area contributed by atoms with Gasteiger partial charge in [0, 0.05) is 11.6 Å². The molecule has 0 amide bonds. The van der Waals surface area contributed by atoms with Crippen molar-refractivity contribution in [3.63, 3.8) is 0 Å². The maximum absolute atomic E-state index is 13.6. The molecule has 0 aromatic heterocycles. The second-order valence-electron chi connectivity index (χ2n) is 4.18. The standard InChI is InChI=1S/C12H12F2O3/c1-6(12(15)16)17-11-9(7-2-3-7)4-8(13)5-10(11)14/h4-7H,2-3H2,1H3,(H,15,16)/t6-/m0/s1. The monoisotopic (exact) mass is 242 g/mol. The Labute approximate surface area is 97.0 Å². The minimum absolute atomic E-state index is 0.0798. The fourth-order valence-electron chi connectivity index (χ4n) is 1.63. The van der Waals surface area contributed by atoms with E-state index in [0.717, 1.165) is 12.8 Å². The van der Waals surface area contributed by atoms with Gasteiger partial charge in [-0.1, -0.05) is 0 Å². The first kappa shape index (κ1) is 11.8. The number of benzene rings is 1. The maximum atomic E-state index is 13.6. The minimum atomic E-state index is -1.18. The molecule has 0 spiro atoms. The van der Waals surface area contributed by atoms with Gasteiger partial charge in [0.1, 0.15) is 5.82 Å². The molecule has 0 aliphatic heterocycles. The molecular weight excluding hydrogens is 230 g/mol. The summed E-state index contributed by atoms with van der Waals surface area (Å²) in [5, 5.41) is 8.71. The molecule has 0 radical (unpaired) electrons. The third-order valence-electron chi connectivity index (χ3n) is 2.70. The molecule has 17 heavy (non-hydrogen) atoms. The quantitative estimate of drug-likeness (QED) is 0.882. The second-order valence-corrected chi connectivity index (χ2v) is 4.18. The lowest BCUT2D eigenvalue weighted by Gasteiger charge is -2.15. The zero-order valence-corrected chi connectivity index (χ0v) is 9.24. The molecule has 0 heterocycles. The van der Waals surface area contributed by atoms with E-state index in [4.69, 9.17) is 9.84 Å². The first-order valence-corrected chi connectivity index (χ1v) is 5.37. The highest BCUT2D eigenvalue weighted by Gasteiger charge is 2.30. The SMILES string of the molecule is C[C@H](Oc1c(F)cc(F)cc1C1CC1)C(=O)O. The van der Waals surface area contributed by atoms with Crippen LogP contribution in [0.3, 0.4) is 0 Å². The van der Waals surface area contributed by atoms with Crippen LogP contribution in [0.25, 0.3) is 0 Å². The highest BCUT2D eigenvalue weighted by molar-refractivity contribution is 5.72.